The Labute approximate surface area is 333 Å². The Hall–Kier alpha value is -4.72. The van der Waals surface area contributed by atoms with Crippen molar-refractivity contribution < 1.29 is 14.0 Å². The quantitative estimate of drug-likeness (QED) is 0.247. The molecule has 5 heterocycles. The highest BCUT2D eigenvalue weighted by molar-refractivity contribution is 5.99. The van der Waals surface area contributed by atoms with E-state index in [-0.39, 0.29) is 36.2 Å². The van der Waals surface area contributed by atoms with Crippen LogP contribution in [0.25, 0.3) is 10.9 Å². The Balaban J connectivity index is 0.749. The van der Waals surface area contributed by atoms with Gasteiger partial charge in [0.2, 0.25) is 5.91 Å². The summed E-state index contributed by atoms with van der Waals surface area (Å²) in [6.07, 6.45) is 5.78. The minimum absolute atomic E-state index is 0.0494. The Morgan fingerprint density at radius 1 is 0.807 bits per heavy atom. The molecule has 57 heavy (non-hydrogen) atoms. The van der Waals surface area contributed by atoms with Gasteiger partial charge in [0.15, 0.2) is 0 Å². The summed E-state index contributed by atoms with van der Waals surface area (Å²) in [6.45, 7) is 9.08. The number of likely N-dealkylation sites (N-methyl/N-ethyl adjacent to an activating group) is 1. The number of likely N-dealkylation sites (tertiary alicyclic amines) is 1. The number of piperidine rings is 2. The maximum absolute atomic E-state index is 14.9. The van der Waals surface area contributed by atoms with Crippen LogP contribution in [0.3, 0.4) is 0 Å². The second-order valence-corrected chi connectivity index (χ2v) is 17.1. The smallest absolute Gasteiger partial charge is 0.278 e. The van der Waals surface area contributed by atoms with Gasteiger partial charge in [-0.1, -0.05) is 29.5 Å². The molecule has 4 aromatic rings. The summed E-state index contributed by atoms with van der Waals surface area (Å²) >= 11 is 0. The molecule has 1 aliphatic carbocycles. The van der Waals surface area contributed by atoms with Gasteiger partial charge < -0.3 is 14.7 Å². The molecule has 2 unspecified atom stereocenters. The number of imide groups is 1. The maximum Gasteiger partial charge on any atom is 0.278 e. The van der Waals surface area contributed by atoms with Crippen molar-refractivity contribution in [2.24, 2.45) is 5.92 Å². The topological polar surface area (TPSA) is 110 Å². The first-order valence-corrected chi connectivity index (χ1v) is 20.9. The number of hydrogen-bond acceptors (Lipinski definition) is 10. The third-order valence-electron chi connectivity index (χ3n) is 13.6. The van der Waals surface area contributed by atoms with Gasteiger partial charge in [-0.25, -0.2) is 4.39 Å². The van der Waals surface area contributed by atoms with E-state index in [9.17, 15) is 18.8 Å². The number of piperazine rings is 1. The zero-order valence-electron chi connectivity index (χ0n) is 33.2. The molecule has 4 saturated heterocycles. The molecule has 0 radical (unpaired) electrons. The minimum atomic E-state index is -0.831. The van der Waals surface area contributed by atoms with Crippen molar-refractivity contribution in [2.45, 2.75) is 69.0 Å². The van der Waals surface area contributed by atoms with E-state index in [2.05, 4.69) is 84.6 Å². The molecule has 13 heteroatoms. The van der Waals surface area contributed by atoms with Gasteiger partial charge in [-0.15, -0.1) is 5.10 Å². The van der Waals surface area contributed by atoms with Crippen LogP contribution < -0.4 is 20.7 Å². The van der Waals surface area contributed by atoms with Crippen molar-refractivity contribution in [3.05, 3.63) is 93.5 Å². The van der Waals surface area contributed by atoms with E-state index in [1.54, 1.807) is 6.07 Å². The first-order chi connectivity index (χ1) is 27.7. The summed E-state index contributed by atoms with van der Waals surface area (Å²) in [5.74, 6) is 0.169. The standard InChI is InChI=1S/C44H54FN9O3/c1-49(2)40-28-53(38-13-8-31-4-3-5-36(45)42(31)38)27-35(40)30-6-9-32(10-7-30)52-24-22-50(23-25-52)19-16-29-17-20-51(21-18-29)33-11-12-37-34(26-33)44(57)54(48-47-37)39-14-15-41(55)46-43(39)56/h3-7,9-12,26,29,35,38-40H,8,13-25,27-28H2,1-2H3,(H,46,55,56)/t35-,38?,39?,40+/m1/s1. The molecule has 3 aromatic carbocycles. The van der Waals surface area contributed by atoms with E-state index in [4.69, 9.17) is 0 Å². The first-order valence-electron chi connectivity index (χ1n) is 20.9. The molecule has 4 aliphatic heterocycles. The van der Waals surface area contributed by atoms with E-state index in [0.717, 1.165) is 101 Å². The normalized spacial score (nSPS) is 25.1. The maximum atomic E-state index is 14.9. The lowest BCUT2D eigenvalue weighted by molar-refractivity contribution is -0.136. The molecule has 0 bridgehead atoms. The van der Waals surface area contributed by atoms with Gasteiger partial charge in [0.05, 0.1) is 5.39 Å². The summed E-state index contributed by atoms with van der Waals surface area (Å²) in [5.41, 5.74) is 5.90. The van der Waals surface area contributed by atoms with Crippen LogP contribution in [0.1, 0.15) is 73.2 Å². The molecular formula is C44H54FN9O3. The monoisotopic (exact) mass is 775 g/mol. The molecule has 1 N–H and O–H groups in total. The zero-order chi connectivity index (χ0) is 39.2. The van der Waals surface area contributed by atoms with Gasteiger partial charge in [0, 0.05) is 93.7 Å². The fourth-order valence-corrected chi connectivity index (χ4v) is 10.3. The van der Waals surface area contributed by atoms with Crippen LogP contribution in [0, 0.1) is 11.7 Å². The number of fused-ring (bicyclic) bond motifs is 2. The number of hydrogen-bond donors (Lipinski definition) is 1. The van der Waals surface area contributed by atoms with Crippen LogP contribution in [0.4, 0.5) is 15.8 Å². The number of amides is 2. The highest BCUT2D eigenvalue weighted by Gasteiger charge is 2.41. The van der Waals surface area contributed by atoms with Crippen LogP contribution in [0.5, 0.6) is 0 Å². The summed E-state index contributed by atoms with van der Waals surface area (Å²) in [7, 11) is 4.36. The van der Waals surface area contributed by atoms with Gasteiger partial charge in [-0.2, -0.15) is 4.68 Å². The van der Waals surface area contributed by atoms with E-state index in [0.29, 0.717) is 28.8 Å². The second kappa shape index (κ2) is 15.9. The van der Waals surface area contributed by atoms with Crippen molar-refractivity contribution in [3.8, 4) is 0 Å². The lowest BCUT2D eigenvalue weighted by Gasteiger charge is -2.38. The molecule has 0 spiro atoms. The summed E-state index contributed by atoms with van der Waals surface area (Å²) in [4.78, 5) is 49.8. The lowest BCUT2D eigenvalue weighted by Crippen LogP contribution is -2.47. The third-order valence-corrected chi connectivity index (χ3v) is 13.6. The van der Waals surface area contributed by atoms with E-state index < -0.39 is 11.9 Å². The average molecular weight is 776 g/mol. The minimum Gasteiger partial charge on any atom is -0.371 e. The largest absolute Gasteiger partial charge is 0.371 e. The average Bonchev–Trinajstić information content (AvgIpc) is 3.88. The van der Waals surface area contributed by atoms with Crippen molar-refractivity contribution in [2.75, 3.05) is 82.8 Å². The van der Waals surface area contributed by atoms with Gasteiger partial charge in [-0.3, -0.25) is 29.5 Å². The molecule has 2 amide bonds. The number of carbonyl (C=O) groups is 2. The number of rotatable bonds is 9. The Morgan fingerprint density at radius 2 is 1.54 bits per heavy atom. The van der Waals surface area contributed by atoms with Crippen molar-refractivity contribution >= 4 is 34.1 Å². The van der Waals surface area contributed by atoms with Crippen molar-refractivity contribution in [3.63, 3.8) is 0 Å². The number of halogens is 1. The van der Waals surface area contributed by atoms with E-state index >= 15 is 0 Å². The number of nitrogens with zero attached hydrogens (tertiary/aromatic N) is 8. The van der Waals surface area contributed by atoms with Gasteiger partial charge in [-0.05, 0) is 113 Å². The molecule has 12 nitrogen and oxygen atoms in total. The molecule has 4 fully saturated rings. The summed E-state index contributed by atoms with van der Waals surface area (Å²) in [6, 6.07) is 20.3. The molecule has 5 aliphatic rings. The molecule has 9 rings (SSSR count). The number of aryl methyl sites for hydroxylation is 1. The first kappa shape index (κ1) is 37.8. The van der Waals surface area contributed by atoms with E-state index in [1.165, 1.54) is 23.2 Å². The molecule has 300 valence electrons. The Bertz CT molecular complexity index is 2180. The van der Waals surface area contributed by atoms with Gasteiger partial charge >= 0.3 is 0 Å². The zero-order valence-corrected chi connectivity index (χ0v) is 33.2. The van der Waals surface area contributed by atoms with Crippen LogP contribution in [-0.2, 0) is 16.0 Å². The summed E-state index contributed by atoms with van der Waals surface area (Å²) < 4.78 is 16.1. The van der Waals surface area contributed by atoms with E-state index in [1.807, 2.05) is 24.3 Å². The van der Waals surface area contributed by atoms with Crippen LogP contribution in [0.15, 0.2) is 65.5 Å². The molecule has 0 saturated carbocycles. The molecular weight excluding hydrogens is 722 g/mol. The van der Waals surface area contributed by atoms with Gasteiger partial charge in [0.1, 0.15) is 17.4 Å². The van der Waals surface area contributed by atoms with Crippen molar-refractivity contribution in [1.29, 1.82) is 0 Å². The predicted molar refractivity (Wildman–Crippen MR) is 219 cm³/mol. The van der Waals surface area contributed by atoms with Crippen LogP contribution >= 0.6 is 0 Å². The van der Waals surface area contributed by atoms with Gasteiger partial charge in [0.25, 0.3) is 11.5 Å². The number of nitrogens with one attached hydrogen (secondary N) is 1. The predicted octanol–water partition coefficient (Wildman–Crippen LogP) is 4.35. The Morgan fingerprint density at radius 3 is 2.30 bits per heavy atom. The SMILES string of the molecule is CN(C)[C@H]1CN(C2CCc3cccc(F)c32)C[C@@H]1c1ccc(N2CCN(CCC3CCN(c4ccc5nnn(C6CCC(=O)NC6=O)c(=O)c5c4)CC3)CC2)cc1. The third kappa shape index (κ3) is 7.57. The number of aromatic nitrogens is 3. The fraction of sp³-hybridized carbons (Fsp3) is 0.523. The fourth-order valence-electron chi connectivity index (χ4n) is 10.3. The van der Waals surface area contributed by atoms with Crippen molar-refractivity contribution in [1.82, 2.24) is 35.0 Å². The highest BCUT2D eigenvalue weighted by atomic mass is 19.1. The molecule has 1 aromatic heterocycles. The highest BCUT2D eigenvalue weighted by Crippen LogP contribution is 2.43. The Kier molecular flexibility index (Phi) is 10.6. The lowest BCUT2D eigenvalue weighted by atomic mass is 9.92. The molecule has 4 atom stereocenters. The number of carbonyl (C=O) groups excluding carboxylic acids is 2. The summed E-state index contributed by atoms with van der Waals surface area (Å²) in [5, 5.41) is 11.0. The van der Waals surface area contributed by atoms with Crippen LogP contribution in [-0.4, -0.2) is 121 Å². The number of benzene rings is 3. The number of anilines is 2. The van der Waals surface area contributed by atoms with Crippen LogP contribution in [0.2, 0.25) is 0 Å². The second-order valence-electron chi connectivity index (χ2n) is 17.1.